The monoisotopic (exact) mass is 187 g/mol. The van der Waals surface area contributed by atoms with Gasteiger partial charge in [-0.05, 0) is 45.7 Å². The minimum Gasteiger partial charge on any atom is -0.320 e. The van der Waals surface area contributed by atoms with Crippen LogP contribution < -0.4 is 5.32 Å². The summed E-state index contributed by atoms with van der Waals surface area (Å²) in [4.78, 5) is 0. The Morgan fingerprint density at radius 1 is 1.31 bits per heavy atom. The van der Waals surface area contributed by atoms with Gasteiger partial charge in [-0.15, -0.1) is 0 Å². The summed E-state index contributed by atoms with van der Waals surface area (Å²) in [6.45, 7) is 2.57. The maximum absolute atomic E-state index is 14.1. The van der Waals surface area contributed by atoms with Crippen LogP contribution in [0.3, 0.4) is 0 Å². The van der Waals surface area contributed by atoms with Gasteiger partial charge in [0.05, 0.1) is 0 Å². The molecule has 0 saturated heterocycles. The van der Waals surface area contributed by atoms with Crippen molar-refractivity contribution in [1.82, 2.24) is 5.32 Å². The molecule has 0 amide bonds. The number of hydrogen-bond acceptors (Lipinski definition) is 1. The van der Waals surface area contributed by atoms with Gasteiger partial charge in [-0.1, -0.05) is 19.3 Å². The summed E-state index contributed by atoms with van der Waals surface area (Å²) >= 11 is 0. The summed E-state index contributed by atoms with van der Waals surface area (Å²) in [6.07, 6.45) is 6.60. The maximum atomic E-state index is 14.1. The lowest BCUT2D eigenvalue weighted by Crippen LogP contribution is -2.34. The minimum atomic E-state index is -0.941. The van der Waals surface area contributed by atoms with Crippen LogP contribution >= 0.6 is 0 Å². The fraction of sp³-hybridized carbons (Fsp3) is 1.00. The van der Waals surface area contributed by atoms with Gasteiger partial charge in [-0.3, -0.25) is 0 Å². The molecule has 0 aliphatic heterocycles. The predicted octanol–water partition coefficient (Wildman–Crippen LogP) is 2.90. The largest absolute Gasteiger partial charge is 0.320 e. The highest BCUT2D eigenvalue weighted by atomic mass is 19.1. The van der Waals surface area contributed by atoms with Gasteiger partial charge in [-0.2, -0.15) is 0 Å². The quantitative estimate of drug-likeness (QED) is 0.713. The lowest BCUT2D eigenvalue weighted by atomic mass is 9.77. The Kier molecular flexibility index (Phi) is 4.17. The van der Waals surface area contributed by atoms with Crippen LogP contribution in [-0.4, -0.2) is 19.3 Å². The van der Waals surface area contributed by atoms with Gasteiger partial charge in [-0.25, -0.2) is 4.39 Å². The van der Waals surface area contributed by atoms with E-state index in [1.165, 1.54) is 19.3 Å². The zero-order chi connectivity index (χ0) is 9.73. The van der Waals surface area contributed by atoms with Gasteiger partial charge in [0.25, 0.3) is 0 Å². The Balaban J connectivity index is 2.36. The van der Waals surface area contributed by atoms with Crippen LogP contribution in [0, 0.1) is 5.92 Å². The van der Waals surface area contributed by atoms with Crippen LogP contribution in [0.1, 0.15) is 45.4 Å². The highest BCUT2D eigenvalue weighted by molar-refractivity contribution is 4.85. The van der Waals surface area contributed by atoms with Crippen LogP contribution in [0.25, 0.3) is 0 Å². The van der Waals surface area contributed by atoms with Crippen molar-refractivity contribution in [3.63, 3.8) is 0 Å². The zero-order valence-corrected chi connectivity index (χ0v) is 8.91. The smallest absolute Gasteiger partial charge is 0.112 e. The van der Waals surface area contributed by atoms with Crippen LogP contribution in [-0.2, 0) is 0 Å². The maximum Gasteiger partial charge on any atom is 0.112 e. The molecule has 78 valence electrons. The normalized spacial score (nSPS) is 24.2. The molecule has 0 spiro atoms. The molecule has 1 atom stereocenters. The van der Waals surface area contributed by atoms with E-state index in [4.69, 9.17) is 0 Å². The average molecular weight is 187 g/mol. The summed E-state index contributed by atoms with van der Waals surface area (Å²) < 4.78 is 14.1. The Bertz CT molecular complexity index is 139. The third-order valence-electron chi connectivity index (χ3n) is 3.32. The number of halogens is 1. The molecule has 0 aromatic carbocycles. The SMILES string of the molecule is CNCCC(C)(F)C1CCCCC1. The van der Waals surface area contributed by atoms with Crippen LogP contribution in [0.2, 0.25) is 0 Å². The van der Waals surface area contributed by atoms with E-state index in [0.717, 1.165) is 19.4 Å². The molecule has 1 aliphatic carbocycles. The van der Waals surface area contributed by atoms with E-state index < -0.39 is 5.67 Å². The van der Waals surface area contributed by atoms with E-state index in [9.17, 15) is 4.39 Å². The highest BCUT2D eigenvalue weighted by Gasteiger charge is 2.33. The predicted molar refractivity (Wildman–Crippen MR) is 54.6 cm³/mol. The van der Waals surface area contributed by atoms with Crippen molar-refractivity contribution in [3.05, 3.63) is 0 Å². The Labute approximate surface area is 81.1 Å². The molecule has 1 aliphatic rings. The first-order valence-corrected chi connectivity index (χ1v) is 5.50. The average Bonchev–Trinajstić information content (AvgIpc) is 2.16. The van der Waals surface area contributed by atoms with Crippen LogP contribution in [0.5, 0.6) is 0 Å². The third-order valence-corrected chi connectivity index (χ3v) is 3.32. The number of nitrogens with one attached hydrogen (secondary N) is 1. The van der Waals surface area contributed by atoms with Crippen molar-refractivity contribution in [2.45, 2.75) is 51.1 Å². The van der Waals surface area contributed by atoms with Gasteiger partial charge < -0.3 is 5.32 Å². The topological polar surface area (TPSA) is 12.0 Å². The van der Waals surface area contributed by atoms with Gasteiger partial charge in [0.2, 0.25) is 0 Å². The molecule has 0 bridgehead atoms. The molecule has 0 aromatic rings. The molecule has 0 heterocycles. The Hall–Kier alpha value is -0.110. The molecule has 2 heteroatoms. The molecule has 1 N–H and O–H groups in total. The number of hydrogen-bond donors (Lipinski definition) is 1. The molecule has 13 heavy (non-hydrogen) atoms. The highest BCUT2D eigenvalue weighted by Crippen LogP contribution is 2.36. The van der Waals surface area contributed by atoms with Crippen molar-refractivity contribution in [2.75, 3.05) is 13.6 Å². The minimum absolute atomic E-state index is 0.314. The van der Waals surface area contributed by atoms with Crippen molar-refractivity contribution < 1.29 is 4.39 Å². The number of alkyl halides is 1. The fourth-order valence-corrected chi connectivity index (χ4v) is 2.28. The Morgan fingerprint density at radius 3 is 2.46 bits per heavy atom. The second kappa shape index (κ2) is 4.94. The number of rotatable bonds is 4. The van der Waals surface area contributed by atoms with Crippen LogP contribution in [0.4, 0.5) is 4.39 Å². The van der Waals surface area contributed by atoms with Gasteiger partial charge in [0.1, 0.15) is 5.67 Å². The van der Waals surface area contributed by atoms with E-state index in [0.29, 0.717) is 12.3 Å². The lowest BCUT2D eigenvalue weighted by molar-refractivity contribution is 0.0664. The van der Waals surface area contributed by atoms with Crippen molar-refractivity contribution in [2.24, 2.45) is 5.92 Å². The molecular formula is C11H22FN. The first kappa shape index (κ1) is 11.0. The van der Waals surface area contributed by atoms with Gasteiger partial charge in [0.15, 0.2) is 0 Å². The molecule has 1 saturated carbocycles. The Morgan fingerprint density at radius 2 is 1.92 bits per heavy atom. The van der Waals surface area contributed by atoms with E-state index in [-0.39, 0.29) is 0 Å². The van der Waals surface area contributed by atoms with E-state index in [2.05, 4.69) is 5.32 Å². The first-order chi connectivity index (χ1) is 6.17. The summed E-state index contributed by atoms with van der Waals surface area (Å²) in [7, 11) is 1.89. The van der Waals surface area contributed by atoms with E-state index in [1.54, 1.807) is 6.92 Å². The van der Waals surface area contributed by atoms with Gasteiger partial charge >= 0.3 is 0 Å². The summed E-state index contributed by atoms with van der Waals surface area (Å²) in [6, 6.07) is 0. The summed E-state index contributed by atoms with van der Waals surface area (Å²) in [5.41, 5.74) is -0.941. The molecule has 0 radical (unpaired) electrons. The van der Waals surface area contributed by atoms with Crippen molar-refractivity contribution in [3.8, 4) is 0 Å². The first-order valence-electron chi connectivity index (χ1n) is 5.50. The fourth-order valence-electron chi connectivity index (χ4n) is 2.28. The molecular weight excluding hydrogens is 165 g/mol. The third kappa shape index (κ3) is 3.26. The summed E-state index contributed by atoms with van der Waals surface area (Å²) in [5.74, 6) is 0.314. The second-order valence-electron chi connectivity index (χ2n) is 4.47. The molecule has 1 fully saturated rings. The van der Waals surface area contributed by atoms with Crippen molar-refractivity contribution in [1.29, 1.82) is 0 Å². The molecule has 1 nitrogen and oxygen atoms in total. The second-order valence-corrected chi connectivity index (χ2v) is 4.47. The molecule has 1 rings (SSSR count). The zero-order valence-electron chi connectivity index (χ0n) is 8.91. The molecule has 0 aromatic heterocycles. The van der Waals surface area contributed by atoms with Crippen molar-refractivity contribution >= 4 is 0 Å². The van der Waals surface area contributed by atoms with Gasteiger partial charge in [0, 0.05) is 0 Å². The lowest BCUT2D eigenvalue weighted by Gasteiger charge is -2.33. The van der Waals surface area contributed by atoms with E-state index >= 15 is 0 Å². The van der Waals surface area contributed by atoms with E-state index in [1.807, 2.05) is 7.05 Å². The molecule has 1 unspecified atom stereocenters. The van der Waals surface area contributed by atoms with Crippen LogP contribution in [0.15, 0.2) is 0 Å². The standard InChI is InChI=1S/C11H22FN/c1-11(12,8-9-13-2)10-6-4-3-5-7-10/h10,13H,3-9H2,1-2H3. The summed E-state index contributed by atoms with van der Waals surface area (Å²) in [5, 5.41) is 3.02.